The van der Waals surface area contributed by atoms with E-state index >= 15 is 0 Å². The summed E-state index contributed by atoms with van der Waals surface area (Å²) in [4.78, 5) is 28.6. The van der Waals surface area contributed by atoms with Crippen LogP contribution >= 0.6 is 0 Å². The zero-order valence-electron chi connectivity index (χ0n) is 20.1. The van der Waals surface area contributed by atoms with E-state index in [1.807, 2.05) is 67.6 Å². The number of esters is 1. The minimum atomic E-state index is -0.705. The van der Waals surface area contributed by atoms with Crippen molar-refractivity contribution in [3.63, 3.8) is 0 Å². The smallest absolute Gasteiger partial charge is 0.344 e. The molecule has 2 heterocycles. The lowest BCUT2D eigenvalue weighted by Crippen LogP contribution is -2.41. The van der Waals surface area contributed by atoms with Gasteiger partial charge in [0.25, 0.3) is 5.91 Å². The fraction of sp³-hybridized carbons (Fsp3) is 0.321. The van der Waals surface area contributed by atoms with E-state index in [1.165, 1.54) is 0 Å². The molecule has 0 bridgehead atoms. The molecule has 7 heteroatoms. The average Bonchev–Trinajstić information content (AvgIpc) is 3.38. The second kappa shape index (κ2) is 9.88. The lowest BCUT2D eigenvalue weighted by atomic mass is 9.93. The average molecular weight is 472 g/mol. The molecule has 1 aliphatic heterocycles. The number of hydrogen-bond donors (Lipinski definition) is 0. The lowest BCUT2D eigenvalue weighted by Gasteiger charge is -2.27. The van der Waals surface area contributed by atoms with Gasteiger partial charge in [0.2, 0.25) is 6.23 Å². The number of para-hydroxylation sites is 1. The highest BCUT2D eigenvalue weighted by Gasteiger charge is 2.42. The second-order valence-electron chi connectivity index (χ2n) is 8.88. The summed E-state index contributed by atoms with van der Waals surface area (Å²) < 4.78 is 13.1. The molecule has 2 aromatic carbocycles. The number of carbonyl (C=O) groups is 2. The topological polar surface area (TPSA) is 73.7 Å². The molecule has 35 heavy (non-hydrogen) atoms. The van der Waals surface area contributed by atoms with Gasteiger partial charge >= 0.3 is 5.97 Å². The summed E-state index contributed by atoms with van der Waals surface area (Å²) in [7, 11) is 1.60. The van der Waals surface area contributed by atoms with Crippen LogP contribution in [0.5, 0.6) is 0 Å². The van der Waals surface area contributed by atoms with Gasteiger partial charge in [-0.1, -0.05) is 48.5 Å². The van der Waals surface area contributed by atoms with E-state index in [9.17, 15) is 9.59 Å². The van der Waals surface area contributed by atoms with Crippen LogP contribution in [0.3, 0.4) is 0 Å². The van der Waals surface area contributed by atoms with Crippen molar-refractivity contribution in [1.82, 2.24) is 14.7 Å². The number of nitrogens with zero attached hydrogens (tertiary/aromatic N) is 3. The van der Waals surface area contributed by atoms with Crippen LogP contribution in [0.25, 0.3) is 16.9 Å². The molecule has 0 spiro atoms. The number of methoxy groups -OCH3 is 1. The van der Waals surface area contributed by atoms with Gasteiger partial charge < -0.3 is 9.47 Å². The Bertz CT molecular complexity index is 1260. The molecule has 0 saturated heterocycles. The Hall–Kier alpha value is -3.71. The van der Waals surface area contributed by atoms with Crippen LogP contribution in [0.1, 0.15) is 41.7 Å². The van der Waals surface area contributed by atoms with Gasteiger partial charge in [-0.25, -0.2) is 9.48 Å². The number of amides is 1. The van der Waals surface area contributed by atoms with Crippen LogP contribution in [0.15, 0.2) is 71.8 Å². The molecule has 0 saturated carbocycles. The Morgan fingerprint density at radius 2 is 1.71 bits per heavy atom. The monoisotopic (exact) mass is 471 g/mol. The molecule has 0 N–H and O–H groups in total. The van der Waals surface area contributed by atoms with Gasteiger partial charge in [0, 0.05) is 24.8 Å². The first-order valence-corrected chi connectivity index (χ1v) is 12.0. The van der Waals surface area contributed by atoms with Crippen LogP contribution in [0, 0.1) is 6.92 Å². The van der Waals surface area contributed by atoms with E-state index in [1.54, 1.807) is 16.7 Å². The molecule has 5 rings (SSSR count). The van der Waals surface area contributed by atoms with E-state index in [0.29, 0.717) is 30.1 Å². The van der Waals surface area contributed by atoms with Crippen molar-refractivity contribution < 1.29 is 19.1 Å². The van der Waals surface area contributed by atoms with E-state index in [2.05, 4.69) is 0 Å². The van der Waals surface area contributed by atoms with Crippen LogP contribution in [0.2, 0.25) is 0 Å². The maximum atomic E-state index is 13.8. The number of ether oxygens (including phenoxy) is 2. The minimum absolute atomic E-state index is 0.0467. The predicted molar refractivity (Wildman–Crippen MR) is 132 cm³/mol. The molecule has 1 amide bonds. The third-order valence-electron chi connectivity index (χ3n) is 6.73. The highest BCUT2D eigenvalue weighted by molar-refractivity contribution is 6.00. The first kappa shape index (κ1) is 23.1. The molecule has 3 aromatic rings. The summed E-state index contributed by atoms with van der Waals surface area (Å²) >= 11 is 0. The second-order valence-corrected chi connectivity index (χ2v) is 8.88. The molecule has 1 unspecified atom stereocenters. The van der Waals surface area contributed by atoms with E-state index in [-0.39, 0.29) is 5.91 Å². The standard InChI is InChI=1S/C28H29N3O4/c1-19-24(25(20-11-5-3-6-12-20)29-31(19)21-13-7-4-8-14-21)28(33)35-27-23-16-10-9-15-22(23)26(32)30(27)17-18-34-2/h3-8,11-14,27H,9-10,15-18H2,1-2H3. The van der Waals surface area contributed by atoms with E-state index < -0.39 is 12.2 Å². The molecule has 1 atom stereocenters. The number of hydrogen-bond acceptors (Lipinski definition) is 5. The molecule has 180 valence electrons. The van der Waals surface area contributed by atoms with Crippen molar-refractivity contribution in [2.45, 2.75) is 38.8 Å². The maximum Gasteiger partial charge on any atom is 0.344 e. The summed E-state index contributed by atoms with van der Waals surface area (Å²) in [5.74, 6) is -0.530. The lowest BCUT2D eigenvalue weighted by molar-refractivity contribution is -0.133. The van der Waals surface area contributed by atoms with Gasteiger partial charge in [0.05, 0.1) is 18.0 Å². The fourth-order valence-corrected chi connectivity index (χ4v) is 4.98. The highest BCUT2D eigenvalue weighted by Crippen LogP contribution is 2.38. The molecule has 1 aliphatic carbocycles. The first-order chi connectivity index (χ1) is 17.1. The maximum absolute atomic E-state index is 13.8. The zero-order chi connectivity index (χ0) is 24.4. The molecular formula is C28H29N3O4. The van der Waals surface area contributed by atoms with Crippen LogP contribution < -0.4 is 0 Å². The van der Waals surface area contributed by atoms with Gasteiger partial charge in [0.1, 0.15) is 11.3 Å². The first-order valence-electron chi connectivity index (χ1n) is 12.0. The van der Waals surface area contributed by atoms with Crippen molar-refractivity contribution in [3.8, 4) is 16.9 Å². The quantitative estimate of drug-likeness (QED) is 0.468. The van der Waals surface area contributed by atoms with Gasteiger partial charge in [0.15, 0.2) is 0 Å². The molecule has 0 radical (unpaired) electrons. The van der Waals surface area contributed by atoms with Crippen LogP contribution in [0.4, 0.5) is 0 Å². The normalized spacial score (nSPS) is 17.6. The predicted octanol–water partition coefficient (Wildman–Crippen LogP) is 4.69. The molecular weight excluding hydrogens is 442 g/mol. The summed E-state index contributed by atoms with van der Waals surface area (Å²) in [6.45, 7) is 2.62. The van der Waals surface area contributed by atoms with Gasteiger partial charge in [-0.2, -0.15) is 5.10 Å². The van der Waals surface area contributed by atoms with Crippen molar-refractivity contribution in [2.24, 2.45) is 0 Å². The van der Waals surface area contributed by atoms with E-state index in [4.69, 9.17) is 14.6 Å². The van der Waals surface area contributed by atoms with Crippen molar-refractivity contribution in [1.29, 1.82) is 0 Å². The van der Waals surface area contributed by atoms with Crippen LogP contribution in [-0.2, 0) is 14.3 Å². The molecule has 2 aliphatic rings. The summed E-state index contributed by atoms with van der Waals surface area (Å²) in [6.07, 6.45) is 2.74. The van der Waals surface area contributed by atoms with Crippen molar-refractivity contribution in [3.05, 3.63) is 83.1 Å². The van der Waals surface area contributed by atoms with Gasteiger partial charge in [-0.05, 0) is 50.3 Å². The third-order valence-corrected chi connectivity index (χ3v) is 6.73. The number of aromatic nitrogens is 2. The Balaban J connectivity index is 1.55. The Labute approximate surface area is 205 Å². The molecule has 0 fully saturated rings. The Morgan fingerprint density at radius 3 is 2.43 bits per heavy atom. The fourth-order valence-electron chi connectivity index (χ4n) is 4.98. The van der Waals surface area contributed by atoms with Gasteiger partial charge in [-0.15, -0.1) is 0 Å². The summed E-state index contributed by atoms with van der Waals surface area (Å²) in [6, 6.07) is 19.3. The number of rotatable bonds is 7. The Kier molecular flexibility index (Phi) is 6.51. The summed E-state index contributed by atoms with van der Waals surface area (Å²) in [5.41, 5.74) is 5.06. The zero-order valence-corrected chi connectivity index (χ0v) is 20.1. The largest absolute Gasteiger partial charge is 0.434 e. The molecule has 7 nitrogen and oxygen atoms in total. The summed E-state index contributed by atoms with van der Waals surface area (Å²) in [5, 5.41) is 4.81. The van der Waals surface area contributed by atoms with Crippen LogP contribution in [-0.4, -0.2) is 53.0 Å². The Morgan fingerprint density at radius 1 is 1.03 bits per heavy atom. The number of benzene rings is 2. The van der Waals surface area contributed by atoms with Crippen molar-refractivity contribution >= 4 is 11.9 Å². The number of carbonyl (C=O) groups excluding carboxylic acids is 2. The third kappa shape index (κ3) is 4.28. The SMILES string of the molecule is COCCN1C(=O)C2=C(CCCC2)C1OC(=O)c1c(-c2ccccc2)nn(-c2ccccc2)c1C. The van der Waals surface area contributed by atoms with Gasteiger partial charge in [-0.3, -0.25) is 9.69 Å². The van der Waals surface area contributed by atoms with E-state index in [0.717, 1.165) is 48.1 Å². The van der Waals surface area contributed by atoms with Crippen molar-refractivity contribution in [2.75, 3.05) is 20.3 Å². The molecule has 1 aromatic heterocycles. The highest BCUT2D eigenvalue weighted by atomic mass is 16.6. The minimum Gasteiger partial charge on any atom is -0.434 e.